The SMILES string of the molecule is CC1CCCN(C2CCN(C=O)CC2)C1.O=C(O)C(F)(F)F. The monoisotopic (exact) mass is 324 g/mol. The van der Waals surface area contributed by atoms with E-state index >= 15 is 0 Å². The van der Waals surface area contributed by atoms with Gasteiger partial charge in [0, 0.05) is 25.7 Å². The van der Waals surface area contributed by atoms with Crippen LogP contribution >= 0.6 is 0 Å². The Bertz CT molecular complexity index is 369. The third-order valence-corrected chi connectivity index (χ3v) is 4.10. The van der Waals surface area contributed by atoms with Crippen molar-refractivity contribution in [2.45, 2.75) is 44.8 Å². The van der Waals surface area contributed by atoms with Crippen LogP contribution in [0.1, 0.15) is 32.6 Å². The van der Waals surface area contributed by atoms with Crippen LogP contribution in [0.4, 0.5) is 13.2 Å². The number of carboxylic acid groups (broad SMARTS) is 1. The van der Waals surface area contributed by atoms with E-state index in [1.807, 2.05) is 4.90 Å². The molecule has 2 fully saturated rings. The summed E-state index contributed by atoms with van der Waals surface area (Å²) in [6, 6.07) is 0.740. The lowest BCUT2D eigenvalue weighted by atomic mass is 9.95. The van der Waals surface area contributed by atoms with Crippen molar-refractivity contribution in [2.75, 3.05) is 26.2 Å². The van der Waals surface area contributed by atoms with Crippen LogP contribution in [-0.4, -0.2) is 65.7 Å². The van der Waals surface area contributed by atoms with Crippen LogP contribution in [0.5, 0.6) is 0 Å². The van der Waals surface area contributed by atoms with Crippen molar-refractivity contribution in [1.82, 2.24) is 9.80 Å². The topological polar surface area (TPSA) is 60.9 Å². The fraction of sp³-hybridized carbons (Fsp3) is 0.857. The highest BCUT2D eigenvalue weighted by Gasteiger charge is 2.38. The molecule has 2 aliphatic rings. The average molecular weight is 324 g/mol. The molecule has 1 amide bonds. The Morgan fingerprint density at radius 3 is 2.14 bits per heavy atom. The summed E-state index contributed by atoms with van der Waals surface area (Å²) in [4.78, 5) is 24.1. The van der Waals surface area contributed by atoms with E-state index in [2.05, 4.69) is 11.8 Å². The average Bonchev–Trinajstić information content (AvgIpc) is 2.47. The summed E-state index contributed by atoms with van der Waals surface area (Å²) in [5, 5.41) is 7.12. The van der Waals surface area contributed by atoms with Gasteiger partial charge in [0.25, 0.3) is 0 Å². The molecular weight excluding hydrogens is 301 g/mol. The minimum Gasteiger partial charge on any atom is -0.475 e. The largest absolute Gasteiger partial charge is 0.490 e. The second kappa shape index (κ2) is 8.36. The lowest BCUT2D eigenvalue weighted by Crippen LogP contribution is -2.47. The number of likely N-dealkylation sites (tertiary alicyclic amines) is 2. The molecule has 128 valence electrons. The quantitative estimate of drug-likeness (QED) is 0.789. The zero-order chi connectivity index (χ0) is 16.8. The molecule has 5 nitrogen and oxygen atoms in total. The Morgan fingerprint density at radius 2 is 1.73 bits per heavy atom. The van der Waals surface area contributed by atoms with Crippen LogP contribution < -0.4 is 0 Å². The standard InChI is InChI=1S/C12H22N2O.C2HF3O2/c1-11-3-2-6-14(9-11)12-4-7-13(10-15)8-5-12;3-2(4,5)1(6)7/h10-12H,2-9H2,1H3;(H,6,7). The van der Waals surface area contributed by atoms with Gasteiger partial charge in [0.2, 0.25) is 6.41 Å². The van der Waals surface area contributed by atoms with Crippen LogP contribution in [0.3, 0.4) is 0 Å². The molecule has 1 atom stereocenters. The van der Waals surface area contributed by atoms with Gasteiger partial charge in [-0.3, -0.25) is 9.69 Å². The first-order valence-corrected chi connectivity index (χ1v) is 7.47. The number of rotatable bonds is 2. The van der Waals surface area contributed by atoms with Gasteiger partial charge in [-0.2, -0.15) is 13.2 Å². The van der Waals surface area contributed by atoms with Crippen LogP contribution in [0, 0.1) is 5.92 Å². The summed E-state index contributed by atoms with van der Waals surface area (Å²) in [6.07, 6.45) is 1.00. The molecule has 22 heavy (non-hydrogen) atoms. The van der Waals surface area contributed by atoms with E-state index in [4.69, 9.17) is 9.90 Å². The van der Waals surface area contributed by atoms with Gasteiger partial charge in [-0.05, 0) is 38.1 Å². The molecular formula is C14H23F3N2O3. The number of carbonyl (C=O) groups is 2. The summed E-state index contributed by atoms with van der Waals surface area (Å²) in [7, 11) is 0. The minimum absolute atomic E-state index is 0.740. The summed E-state index contributed by atoms with van der Waals surface area (Å²) < 4.78 is 31.7. The van der Waals surface area contributed by atoms with E-state index in [0.29, 0.717) is 0 Å². The van der Waals surface area contributed by atoms with Crippen molar-refractivity contribution < 1.29 is 27.9 Å². The van der Waals surface area contributed by atoms with Crippen LogP contribution in [0.25, 0.3) is 0 Å². The molecule has 8 heteroatoms. The highest BCUT2D eigenvalue weighted by molar-refractivity contribution is 5.73. The Labute approximate surface area is 128 Å². The van der Waals surface area contributed by atoms with Crippen LogP contribution in [-0.2, 0) is 9.59 Å². The maximum Gasteiger partial charge on any atom is 0.490 e. The molecule has 0 aromatic heterocycles. The molecule has 2 heterocycles. The highest BCUT2D eigenvalue weighted by Crippen LogP contribution is 2.22. The van der Waals surface area contributed by atoms with E-state index < -0.39 is 12.1 Å². The molecule has 0 aromatic rings. The van der Waals surface area contributed by atoms with E-state index in [-0.39, 0.29) is 0 Å². The van der Waals surface area contributed by atoms with E-state index in [0.717, 1.165) is 31.5 Å². The molecule has 1 unspecified atom stereocenters. The Morgan fingerprint density at radius 1 is 1.18 bits per heavy atom. The highest BCUT2D eigenvalue weighted by atomic mass is 19.4. The van der Waals surface area contributed by atoms with Gasteiger partial charge in [-0.1, -0.05) is 6.92 Å². The smallest absolute Gasteiger partial charge is 0.475 e. The van der Waals surface area contributed by atoms with Crippen LogP contribution in [0.15, 0.2) is 0 Å². The maximum atomic E-state index is 10.6. The van der Waals surface area contributed by atoms with Crippen molar-refractivity contribution in [3.8, 4) is 0 Å². The van der Waals surface area contributed by atoms with Crippen molar-refractivity contribution in [3.05, 3.63) is 0 Å². The van der Waals surface area contributed by atoms with Crippen LogP contribution in [0.2, 0.25) is 0 Å². The van der Waals surface area contributed by atoms with Gasteiger partial charge in [-0.15, -0.1) is 0 Å². The summed E-state index contributed by atoms with van der Waals surface area (Å²) >= 11 is 0. The van der Waals surface area contributed by atoms with Gasteiger partial charge in [0.1, 0.15) is 0 Å². The number of amides is 1. The number of aliphatic carboxylic acids is 1. The van der Waals surface area contributed by atoms with E-state index in [1.54, 1.807) is 0 Å². The van der Waals surface area contributed by atoms with Gasteiger partial charge in [0.15, 0.2) is 0 Å². The molecule has 0 aliphatic carbocycles. The number of carbonyl (C=O) groups excluding carboxylic acids is 1. The van der Waals surface area contributed by atoms with E-state index in [1.165, 1.54) is 38.8 Å². The summed E-state index contributed by atoms with van der Waals surface area (Å²) in [5.74, 6) is -1.89. The molecule has 1 N–H and O–H groups in total. The molecule has 0 aromatic carbocycles. The van der Waals surface area contributed by atoms with Gasteiger partial charge < -0.3 is 10.0 Å². The molecule has 0 spiro atoms. The molecule has 2 saturated heterocycles. The number of hydrogen-bond acceptors (Lipinski definition) is 3. The van der Waals surface area contributed by atoms with Gasteiger partial charge >= 0.3 is 12.1 Å². The first-order chi connectivity index (χ1) is 10.2. The van der Waals surface area contributed by atoms with Crippen molar-refractivity contribution in [1.29, 1.82) is 0 Å². The third kappa shape index (κ3) is 6.21. The zero-order valence-electron chi connectivity index (χ0n) is 12.7. The second-order valence-corrected chi connectivity index (χ2v) is 5.92. The first kappa shape index (κ1) is 18.7. The fourth-order valence-corrected chi connectivity index (χ4v) is 2.91. The Kier molecular flexibility index (Phi) is 7.12. The first-order valence-electron chi connectivity index (χ1n) is 7.47. The number of hydrogen-bond donors (Lipinski definition) is 1. The number of piperidine rings is 2. The molecule has 0 bridgehead atoms. The lowest BCUT2D eigenvalue weighted by Gasteiger charge is -2.41. The number of alkyl halides is 3. The number of carboxylic acids is 1. The minimum atomic E-state index is -5.08. The maximum absolute atomic E-state index is 10.6. The number of nitrogens with zero attached hydrogens (tertiary/aromatic N) is 2. The molecule has 0 saturated carbocycles. The summed E-state index contributed by atoms with van der Waals surface area (Å²) in [6.45, 7) is 6.81. The van der Waals surface area contributed by atoms with Crippen molar-refractivity contribution in [3.63, 3.8) is 0 Å². The van der Waals surface area contributed by atoms with Gasteiger partial charge in [-0.25, -0.2) is 4.79 Å². The lowest BCUT2D eigenvalue weighted by molar-refractivity contribution is -0.192. The summed E-state index contributed by atoms with van der Waals surface area (Å²) in [5.41, 5.74) is 0. The third-order valence-electron chi connectivity index (χ3n) is 4.10. The predicted molar refractivity (Wildman–Crippen MR) is 74.3 cm³/mol. The fourth-order valence-electron chi connectivity index (χ4n) is 2.91. The molecule has 2 aliphatic heterocycles. The van der Waals surface area contributed by atoms with Gasteiger partial charge in [0.05, 0.1) is 0 Å². The predicted octanol–water partition coefficient (Wildman–Crippen LogP) is 1.97. The zero-order valence-corrected chi connectivity index (χ0v) is 12.7. The van der Waals surface area contributed by atoms with E-state index in [9.17, 15) is 18.0 Å². The molecule has 0 radical (unpaired) electrons. The number of halogens is 3. The normalized spacial score (nSPS) is 24.4. The Hall–Kier alpha value is -1.31. The second-order valence-electron chi connectivity index (χ2n) is 5.92. The Balaban J connectivity index is 0.000000295. The molecule has 2 rings (SSSR count). The van der Waals surface area contributed by atoms with Crippen molar-refractivity contribution in [2.24, 2.45) is 5.92 Å². The van der Waals surface area contributed by atoms with Crippen molar-refractivity contribution >= 4 is 12.4 Å².